The molecule has 0 radical (unpaired) electrons. The quantitative estimate of drug-likeness (QED) is 0.829. The van der Waals surface area contributed by atoms with E-state index in [1.54, 1.807) is 35.3 Å². The topological polar surface area (TPSA) is 60.1 Å². The third-order valence-electron chi connectivity index (χ3n) is 2.10. The highest BCUT2D eigenvalue weighted by molar-refractivity contribution is 9.10. The van der Waals surface area contributed by atoms with Gasteiger partial charge in [-0.2, -0.15) is 0 Å². The van der Waals surface area contributed by atoms with Crippen LogP contribution in [0.4, 0.5) is 5.69 Å². The van der Waals surface area contributed by atoms with Crippen molar-refractivity contribution in [2.24, 2.45) is 0 Å². The number of rotatable bonds is 2. The summed E-state index contributed by atoms with van der Waals surface area (Å²) in [4.78, 5) is 11.8. The SMILES string of the molecule is Nc1ccc(C(=O)Nn2cccc2)cc1Br. The lowest BCUT2D eigenvalue weighted by molar-refractivity contribution is 0.101. The first-order valence-electron chi connectivity index (χ1n) is 4.66. The van der Waals surface area contributed by atoms with Crippen LogP contribution < -0.4 is 11.2 Å². The summed E-state index contributed by atoms with van der Waals surface area (Å²) in [6, 6.07) is 8.72. The van der Waals surface area contributed by atoms with Crippen molar-refractivity contribution in [2.75, 3.05) is 11.2 Å². The van der Waals surface area contributed by atoms with Gasteiger partial charge in [0.15, 0.2) is 0 Å². The van der Waals surface area contributed by atoms with E-state index in [-0.39, 0.29) is 5.91 Å². The molecule has 0 aliphatic heterocycles. The van der Waals surface area contributed by atoms with Gasteiger partial charge in [-0.1, -0.05) is 0 Å². The van der Waals surface area contributed by atoms with Gasteiger partial charge in [0.25, 0.3) is 5.91 Å². The molecule has 0 fully saturated rings. The third-order valence-corrected chi connectivity index (χ3v) is 2.78. The van der Waals surface area contributed by atoms with Crippen LogP contribution in [0, 0.1) is 0 Å². The zero-order valence-electron chi connectivity index (χ0n) is 8.35. The molecule has 0 spiro atoms. The second kappa shape index (κ2) is 4.40. The largest absolute Gasteiger partial charge is 0.398 e. The van der Waals surface area contributed by atoms with Crippen molar-refractivity contribution in [3.8, 4) is 0 Å². The lowest BCUT2D eigenvalue weighted by atomic mass is 10.2. The molecule has 5 heteroatoms. The monoisotopic (exact) mass is 279 g/mol. The maximum atomic E-state index is 11.8. The van der Waals surface area contributed by atoms with E-state index in [1.807, 2.05) is 12.1 Å². The van der Waals surface area contributed by atoms with Crippen LogP contribution in [0.15, 0.2) is 47.2 Å². The number of carbonyl (C=O) groups is 1. The number of aromatic nitrogens is 1. The Morgan fingerprint density at radius 1 is 1.31 bits per heavy atom. The van der Waals surface area contributed by atoms with Crippen LogP contribution in [0.3, 0.4) is 0 Å². The Balaban J connectivity index is 2.18. The lowest BCUT2D eigenvalue weighted by Gasteiger charge is -2.07. The Labute approximate surface area is 101 Å². The predicted molar refractivity (Wildman–Crippen MR) is 66.7 cm³/mol. The van der Waals surface area contributed by atoms with Crippen LogP contribution in [0.2, 0.25) is 0 Å². The Morgan fingerprint density at radius 3 is 2.62 bits per heavy atom. The van der Waals surface area contributed by atoms with Crippen LogP contribution in [0.25, 0.3) is 0 Å². The molecule has 82 valence electrons. The van der Waals surface area contributed by atoms with Crippen LogP contribution in [-0.4, -0.2) is 10.6 Å². The molecule has 1 amide bonds. The molecule has 3 N–H and O–H groups in total. The van der Waals surface area contributed by atoms with Crippen LogP contribution in [-0.2, 0) is 0 Å². The first-order chi connectivity index (χ1) is 7.66. The fraction of sp³-hybridized carbons (Fsp3) is 0. The van der Waals surface area contributed by atoms with Crippen molar-refractivity contribution >= 4 is 27.5 Å². The molecule has 0 saturated carbocycles. The fourth-order valence-corrected chi connectivity index (χ4v) is 1.64. The first kappa shape index (κ1) is 10.8. The maximum absolute atomic E-state index is 11.8. The van der Waals surface area contributed by atoms with E-state index in [0.717, 1.165) is 0 Å². The molecule has 1 heterocycles. The number of hydrogen-bond acceptors (Lipinski definition) is 2. The molecule has 1 aromatic heterocycles. The Morgan fingerprint density at radius 2 is 2.00 bits per heavy atom. The molecule has 0 saturated heterocycles. The summed E-state index contributed by atoms with van der Waals surface area (Å²) in [6.45, 7) is 0. The molecule has 0 bridgehead atoms. The van der Waals surface area contributed by atoms with E-state index in [1.165, 1.54) is 0 Å². The molecular formula is C11H10BrN3O. The van der Waals surface area contributed by atoms with Crippen LogP contribution in [0.5, 0.6) is 0 Å². The molecule has 0 aliphatic rings. The average molecular weight is 280 g/mol. The smallest absolute Gasteiger partial charge is 0.270 e. The van der Waals surface area contributed by atoms with Gasteiger partial charge in [-0.25, -0.2) is 0 Å². The first-order valence-corrected chi connectivity index (χ1v) is 5.45. The number of halogens is 1. The molecule has 1 aromatic carbocycles. The molecule has 16 heavy (non-hydrogen) atoms. The Bertz CT molecular complexity index is 508. The second-order valence-electron chi connectivity index (χ2n) is 3.27. The van der Waals surface area contributed by atoms with Crippen molar-refractivity contribution in [1.29, 1.82) is 0 Å². The maximum Gasteiger partial charge on any atom is 0.270 e. The number of nitrogens with zero attached hydrogens (tertiary/aromatic N) is 1. The molecule has 2 rings (SSSR count). The molecule has 0 aliphatic carbocycles. The van der Waals surface area contributed by atoms with Gasteiger partial charge in [-0.15, -0.1) is 0 Å². The van der Waals surface area contributed by atoms with Gasteiger partial charge in [-0.3, -0.25) is 14.9 Å². The van der Waals surface area contributed by atoms with Gasteiger partial charge < -0.3 is 5.73 Å². The predicted octanol–water partition coefficient (Wildman–Crippen LogP) is 2.22. The van der Waals surface area contributed by atoms with Gasteiger partial charge in [0.05, 0.1) is 0 Å². The zero-order chi connectivity index (χ0) is 11.5. The van der Waals surface area contributed by atoms with Crippen LogP contribution in [0.1, 0.15) is 10.4 Å². The number of nitrogen functional groups attached to an aromatic ring is 1. The number of amides is 1. The average Bonchev–Trinajstić information content (AvgIpc) is 2.74. The van der Waals surface area contributed by atoms with E-state index < -0.39 is 0 Å². The lowest BCUT2D eigenvalue weighted by Crippen LogP contribution is -2.21. The standard InChI is InChI=1S/C11H10BrN3O/c12-9-7-8(3-4-10(9)13)11(16)14-15-5-1-2-6-15/h1-7H,13H2,(H,14,16). The third kappa shape index (κ3) is 2.25. The van der Waals surface area contributed by atoms with E-state index in [0.29, 0.717) is 15.7 Å². The summed E-state index contributed by atoms with van der Waals surface area (Å²) in [5.74, 6) is -0.183. The van der Waals surface area contributed by atoms with Gasteiger partial charge in [0.2, 0.25) is 0 Å². The Hall–Kier alpha value is -1.75. The highest BCUT2D eigenvalue weighted by atomic mass is 79.9. The minimum Gasteiger partial charge on any atom is -0.398 e. The second-order valence-corrected chi connectivity index (χ2v) is 4.12. The summed E-state index contributed by atoms with van der Waals surface area (Å²) in [7, 11) is 0. The highest BCUT2D eigenvalue weighted by Crippen LogP contribution is 2.20. The number of carbonyl (C=O) groups excluding carboxylic acids is 1. The van der Waals surface area contributed by atoms with Gasteiger partial charge in [0, 0.05) is 28.1 Å². The minimum atomic E-state index is -0.183. The van der Waals surface area contributed by atoms with E-state index in [9.17, 15) is 4.79 Å². The Kier molecular flexibility index (Phi) is 2.96. The molecular weight excluding hydrogens is 270 g/mol. The number of nitrogens with one attached hydrogen (secondary N) is 1. The summed E-state index contributed by atoms with van der Waals surface area (Å²) in [5.41, 5.74) is 9.50. The number of hydrogen-bond donors (Lipinski definition) is 2. The van der Waals surface area contributed by atoms with Crippen molar-refractivity contribution < 1.29 is 4.79 Å². The van der Waals surface area contributed by atoms with E-state index >= 15 is 0 Å². The van der Waals surface area contributed by atoms with Crippen molar-refractivity contribution in [2.45, 2.75) is 0 Å². The van der Waals surface area contributed by atoms with E-state index in [2.05, 4.69) is 21.4 Å². The summed E-state index contributed by atoms with van der Waals surface area (Å²) < 4.78 is 2.31. The van der Waals surface area contributed by atoms with Crippen molar-refractivity contribution in [3.63, 3.8) is 0 Å². The molecule has 2 aromatic rings. The number of nitrogens with two attached hydrogens (primary N) is 1. The molecule has 0 unspecified atom stereocenters. The highest BCUT2D eigenvalue weighted by Gasteiger charge is 2.06. The van der Waals surface area contributed by atoms with E-state index in [4.69, 9.17) is 5.73 Å². The van der Waals surface area contributed by atoms with Crippen LogP contribution >= 0.6 is 15.9 Å². The van der Waals surface area contributed by atoms with Crippen molar-refractivity contribution in [1.82, 2.24) is 4.68 Å². The summed E-state index contributed by atoms with van der Waals surface area (Å²) in [6.07, 6.45) is 3.51. The summed E-state index contributed by atoms with van der Waals surface area (Å²) in [5, 5.41) is 0. The number of benzene rings is 1. The van der Waals surface area contributed by atoms with Gasteiger partial charge in [-0.05, 0) is 46.3 Å². The minimum absolute atomic E-state index is 0.183. The zero-order valence-corrected chi connectivity index (χ0v) is 9.94. The fourth-order valence-electron chi connectivity index (χ4n) is 1.26. The van der Waals surface area contributed by atoms with Gasteiger partial charge in [0.1, 0.15) is 0 Å². The summed E-state index contributed by atoms with van der Waals surface area (Å²) >= 11 is 3.28. The number of anilines is 1. The molecule has 4 nitrogen and oxygen atoms in total. The van der Waals surface area contributed by atoms with Crippen molar-refractivity contribution in [3.05, 3.63) is 52.8 Å². The normalized spacial score (nSPS) is 10.1. The molecule has 0 atom stereocenters. The van der Waals surface area contributed by atoms with Gasteiger partial charge >= 0.3 is 0 Å².